The molecule has 0 atom stereocenters. The molecule has 4 heteroatoms. The number of hydrogen-bond acceptors (Lipinski definition) is 2. The Morgan fingerprint density at radius 1 is 1.38 bits per heavy atom. The van der Waals surface area contributed by atoms with Gasteiger partial charge in [0, 0.05) is 29.1 Å². The van der Waals surface area contributed by atoms with Gasteiger partial charge in [-0.25, -0.2) is 0 Å². The van der Waals surface area contributed by atoms with E-state index in [1.807, 2.05) is 13.0 Å². The van der Waals surface area contributed by atoms with E-state index in [0.717, 1.165) is 15.6 Å². The van der Waals surface area contributed by atoms with Crippen molar-refractivity contribution < 1.29 is 0 Å². The first-order chi connectivity index (χ1) is 7.65. The second-order valence-electron chi connectivity index (χ2n) is 3.68. The van der Waals surface area contributed by atoms with E-state index < -0.39 is 0 Å². The van der Waals surface area contributed by atoms with Crippen LogP contribution in [0, 0.1) is 6.92 Å². The van der Waals surface area contributed by atoms with Crippen LogP contribution < -0.4 is 5.56 Å². The van der Waals surface area contributed by atoms with Crippen LogP contribution in [0.3, 0.4) is 0 Å². The van der Waals surface area contributed by atoms with Crippen molar-refractivity contribution in [2.45, 2.75) is 13.5 Å². The van der Waals surface area contributed by atoms with Crippen molar-refractivity contribution in [1.29, 1.82) is 0 Å². The lowest BCUT2D eigenvalue weighted by atomic mass is 10.2. The third kappa shape index (κ3) is 2.58. The SMILES string of the molecule is Cc1cncc(Cn2cc(Br)ccc2=O)c1. The number of nitrogens with zero attached hydrogens (tertiary/aromatic N) is 2. The van der Waals surface area contributed by atoms with Gasteiger partial charge in [-0.2, -0.15) is 0 Å². The molecule has 0 fully saturated rings. The number of aromatic nitrogens is 2. The van der Waals surface area contributed by atoms with Crippen molar-refractivity contribution in [3.8, 4) is 0 Å². The molecule has 0 aliphatic carbocycles. The molecule has 3 nitrogen and oxygen atoms in total. The molecule has 0 aromatic carbocycles. The molecule has 0 N–H and O–H groups in total. The zero-order chi connectivity index (χ0) is 11.5. The molecule has 2 aromatic heterocycles. The summed E-state index contributed by atoms with van der Waals surface area (Å²) in [5.74, 6) is 0. The fourth-order valence-corrected chi connectivity index (χ4v) is 1.91. The van der Waals surface area contributed by atoms with Gasteiger partial charge in [-0.05, 0) is 40.0 Å². The molecule has 0 spiro atoms. The molecule has 16 heavy (non-hydrogen) atoms. The van der Waals surface area contributed by atoms with E-state index in [2.05, 4.69) is 20.9 Å². The molecule has 0 radical (unpaired) electrons. The third-order valence-electron chi connectivity index (χ3n) is 2.23. The predicted octanol–water partition coefficient (Wildman–Crippen LogP) is 2.36. The standard InChI is InChI=1S/C12H11BrN2O/c1-9-4-10(6-14-5-9)7-15-8-11(13)2-3-12(15)16/h2-6,8H,7H2,1H3. The average Bonchev–Trinajstić information content (AvgIpc) is 2.24. The Labute approximate surface area is 102 Å². The maximum Gasteiger partial charge on any atom is 0.250 e. The Balaban J connectivity index is 2.34. The van der Waals surface area contributed by atoms with Gasteiger partial charge >= 0.3 is 0 Å². The zero-order valence-corrected chi connectivity index (χ0v) is 10.4. The van der Waals surface area contributed by atoms with Crippen LogP contribution in [0.1, 0.15) is 11.1 Å². The van der Waals surface area contributed by atoms with Crippen LogP contribution in [0.25, 0.3) is 0 Å². The Kier molecular flexibility index (Phi) is 3.19. The smallest absolute Gasteiger partial charge is 0.250 e. The maximum atomic E-state index is 11.6. The molecule has 0 aliphatic rings. The zero-order valence-electron chi connectivity index (χ0n) is 8.85. The second-order valence-corrected chi connectivity index (χ2v) is 4.60. The first kappa shape index (κ1) is 11.1. The van der Waals surface area contributed by atoms with Crippen molar-refractivity contribution >= 4 is 15.9 Å². The summed E-state index contributed by atoms with van der Waals surface area (Å²) in [5.41, 5.74) is 2.12. The monoisotopic (exact) mass is 278 g/mol. The Morgan fingerprint density at radius 3 is 2.94 bits per heavy atom. The van der Waals surface area contributed by atoms with Gasteiger partial charge in [-0.1, -0.05) is 6.07 Å². The summed E-state index contributed by atoms with van der Waals surface area (Å²) in [7, 11) is 0. The van der Waals surface area contributed by atoms with Gasteiger partial charge in [0.15, 0.2) is 0 Å². The molecular formula is C12H11BrN2O. The first-order valence-electron chi connectivity index (χ1n) is 4.92. The molecule has 2 aromatic rings. The van der Waals surface area contributed by atoms with Crippen LogP contribution in [-0.4, -0.2) is 9.55 Å². The van der Waals surface area contributed by atoms with Crippen molar-refractivity contribution in [2.75, 3.05) is 0 Å². The summed E-state index contributed by atoms with van der Waals surface area (Å²) in [5, 5.41) is 0. The van der Waals surface area contributed by atoms with Crippen molar-refractivity contribution in [2.24, 2.45) is 0 Å². The van der Waals surface area contributed by atoms with E-state index in [0.29, 0.717) is 6.54 Å². The highest BCUT2D eigenvalue weighted by Gasteiger charge is 1.99. The molecule has 0 amide bonds. The van der Waals surface area contributed by atoms with E-state index in [1.165, 1.54) is 0 Å². The van der Waals surface area contributed by atoms with E-state index in [1.54, 1.807) is 35.3 Å². The Bertz CT molecular complexity index is 563. The van der Waals surface area contributed by atoms with E-state index in [9.17, 15) is 4.79 Å². The second kappa shape index (κ2) is 4.61. The van der Waals surface area contributed by atoms with Crippen molar-refractivity contribution in [3.05, 3.63) is 62.7 Å². The number of hydrogen-bond donors (Lipinski definition) is 0. The maximum absolute atomic E-state index is 11.6. The van der Waals surface area contributed by atoms with Crippen LogP contribution in [0.15, 0.2) is 46.1 Å². The predicted molar refractivity (Wildman–Crippen MR) is 66.5 cm³/mol. The minimum absolute atomic E-state index is 0.00953. The molecule has 0 aliphatic heterocycles. The van der Waals surface area contributed by atoms with Crippen LogP contribution in [0.4, 0.5) is 0 Å². The van der Waals surface area contributed by atoms with Crippen LogP contribution in [0.5, 0.6) is 0 Å². The molecule has 0 saturated heterocycles. The highest BCUT2D eigenvalue weighted by Crippen LogP contribution is 2.07. The van der Waals surface area contributed by atoms with E-state index >= 15 is 0 Å². The Hall–Kier alpha value is -1.42. The summed E-state index contributed by atoms with van der Waals surface area (Å²) in [4.78, 5) is 15.7. The van der Waals surface area contributed by atoms with Crippen molar-refractivity contribution in [3.63, 3.8) is 0 Å². The van der Waals surface area contributed by atoms with Crippen LogP contribution in [-0.2, 0) is 6.54 Å². The molecule has 82 valence electrons. The van der Waals surface area contributed by atoms with E-state index in [4.69, 9.17) is 0 Å². The average molecular weight is 279 g/mol. The molecule has 2 heterocycles. The summed E-state index contributed by atoms with van der Waals surface area (Å²) in [6, 6.07) is 5.32. The molecule has 0 unspecified atom stereocenters. The van der Waals surface area contributed by atoms with Gasteiger partial charge in [-0.3, -0.25) is 9.78 Å². The summed E-state index contributed by atoms with van der Waals surface area (Å²) < 4.78 is 2.55. The fraction of sp³-hybridized carbons (Fsp3) is 0.167. The Morgan fingerprint density at radius 2 is 2.19 bits per heavy atom. The van der Waals surface area contributed by atoms with Gasteiger partial charge in [-0.15, -0.1) is 0 Å². The van der Waals surface area contributed by atoms with Gasteiger partial charge in [0.05, 0.1) is 6.54 Å². The summed E-state index contributed by atoms with van der Waals surface area (Å²) in [6.07, 6.45) is 5.36. The summed E-state index contributed by atoms with van der Waals surface area (Å²) >= 11 is 3.35. The highest BCUT2D eigenvalue weighted by molar-refractivity contribution is 9.10. The topological polar surface area (TPSA) is 34.9 Å². The van der Waals surface area contributed by atoms with Crippen LogP contribution >= 0.6 is 15.9 Å². The highest BCUT2D eigenvalue weighted by atomic mass is 79.9. The van der Waals surface area contributed by atoms with Crippen LogP contribution in [0.2, 0.25) is 0 Å². The number of pyridine rings is 2. The fourth-order valence-electron chi connectivity index (χ4n) is 1.53. The molecule has 0 saturated carbocycles. The number of halogens is 1. The third-order valence-corrected chi connectivity index (χ3v) is 2.70. The minimum atomic E-state index is -0.00953. The van der Waals surface area contributed by atoms with Gasteiger partial charge in [0.1, 0.15) is 0 Å². The lowest BCUT2D eigenvalue weighted by molar-refractivity contribution is 0.752. The van der Waals surface area contributed by atoms with E-state index in [-0.39, 0.29) is 5.56 Å². The lowest BCUT2D eigenvalue weighted by Crippen LogP contribution is -2.18. The van der Waals surface area contributed by atoms with Gasteiger partial charge in [0.25, 0.3) is 5.56 Å². The summed E-state index contributed by atoms with van der Waals surface area (Å²) in [6.45, 7) is 2.53. The molecule has 0 bridgehead atoms. The minimum Gasteiger partial charge on any atom is -0.310 e. The van der Waals surface area contributed by atoms with Gasteiger partial charge in [0.2, 0.25) is 0 Å². The normalized spacial score (nSPS) is 10.4. The quantitative estimate of drug-likeness (QED) is 0.845. The first-order valence-corrected chi connectivity index (χ1v) is 5.71. The number of rotatable bonds is 2. The van der Waals surface area contributed by atoms with Crippen molar-refractivity contribution in [1.82, 2.24) is 9.55 Å². The number of aryl methyl sites for hydroxylation is 1. The molecular weight excluding hydrogens is 268 g/mol. The largest absolute Gasteiger partial charge is 0.310 e. The molecule has 2 rings (SSSR count). The van der Waals surface area contributed by atoms with Gasteiger partial charge < -0.3 is 4.57 Å². The lowest BCUT2D eigenvalue weighted by Gasteiger charge is -2.06.